The van der Waals surface area contributed by atoms with Crippen molar-refractivity contribution in [1.29, 1.82) is 0 Å². The Morgan fingerprint density at radius 1 is 1.50 bits per heavy atom. The van der Waals surface area contributed by atoms with Crippen molar-refractivity contribution in [1.82, 2.24) is 0 Å². The average molecular weight is 158 g/mol. The fourth-order valence-corrected chi connectivity index (χ4v) is 1.51. The Morgan fingerprint density at radius 2 is 2.20 bits per heavy atom. The highest BCUT2D eigenvalue weighted by molar-refractivity contribution is 7.10. The van der Waals surface area contributed by atoms with Gasteiger partial charge in [-0.3, -0.25) is 0 Å². The summed E-state index contributed by atoms with van der Waals surface area (Å²) in [6.07, 6.45) is -1.40. The van der Waals surface area contributed by atoms with Crippen molar-refractivity contribution in [2.45, 2.75) is 19.1 Å². The van der Waals surface area contributed by atoms with Crippen LogP contribution in [0.5, 0.6) is 0 Å². The van der Waals surface area contributed by atoms with Gasteiger partial charge in [0.2, 0.25) is 0 Å². The van der Waals surface area contributed by atoms with Crippen molar-refractivity contribution >= 4 is 11.3 Å². The molecular formula is C7H10O2S. The maximum absolute atomic E-state index is 9.25. The number of aliphatic hydroxyl groups excluding tert-OH is 2. The van der Waals surface area contributed by atoms with Gasteiger partial charge in [-0.25, -0.2) is 0 Å². The summed E-state index contributed by atoms with van der Waals surface area (Å²) in [4.78, 5) is 0.815. The molecule has 0 aliphatic carbocycles. The summed E-state index contributed by atoms with van der Waals surface area (Å²) >= 11 is 1.45. The molecule has 0 aliphatic rings. The van der Waals surface area contributed by atoms with E-state index in [9.17, 15) is 5.11 Å². The number of hydrogen-bond acceptors (Lipinski definition) is 3. The van der Waals surface area contributed by atoms with Crippen molar-refractivity contribution in [2.24, 2.45) is 0 Å². The number of hydrogen-bond donors (Lipinski definition) is 2. The molecule has 1 aromatic rings. The standard InChI is InChI=1S/C7H10O2S/c1-5(8)7(9)6-3-2-4-10-6/h2-5,7-9H,1H3. The first-order chi connectivity index (χ1) is 4.72. The largest absolute Gasteiger partial charge is 0.390 e. The van der Waals surface area contributed by atoms with Crippen LogP contribution in [0.25, 0.3) is 0 Å². The Balaban J connectivity index is 2.68. The monoisotopic (exact) mass is 158 g/mol. The van der Waals surface area contributed by atoms with Crippen molar-refractivity contribution in [3.63, 3.8) is 0 Å². The Kier molecular flexibility index (Phi) is 2.43. The third kappa shape index (κ3) is 1.56. The van der Waals surface area contributed by atoms with Crippen LogP contribution in [-0.2, 0) is 0 Å². The summed E-state index contributed by atoms with van der Waals surface area (Å²) in [7, 11) is 0. The summed E-state index contributed by atoms with van der Waals surface area (Å²) in [5.41, 5.74) is 0. The topological polar surface area (TPSA) is 40.5 Å². The molecule has 10 heavy (non-hydrogen) atoms. The van der Waals surface area contributed by atoms with Gasteiger partial charge in [0, 0.05) is 4.88 Å². The first-order valence-electron chi connectivity index (χ1n) is 3.11. The molecule has 2 atom stereocenters. The number of thiophene rings is 1. The SMILES string of the molecule is CC(O)C(O)c1cccs1. The van der Waals surface area contributed by atoms with Crippen molar-refractivity contribution in [3.8, 4) is 0 Å². The average Bonchev–Trinajstić information content (AvgIpc) is 2.36. The Hall–Kier alpha value is -0.380. The molecule has 0 amide bonds. The number of rotatable bonds is 2. The second-order valence-electron chi connectivity index (χ2n) is 2.20. The fourth-order valence-electron chi connectivity index (χ4n) is 0.697. The summed E-state index contributed by atoms with van der Waals surface area (Å²) < 4.78 is 0. The molecule has 3 heteroatoms. The molecule has 0 spiro atoms. The van der Waals surface area contributed by atoms with Gasteiger partial charge in [0.25, 0.3) is 0 Å². The lowest BCUT2D eigenvalue weighted by Gasteiger charge is -2.10. The van der Waals surface area contributed by atoms with E-state index in [1.54, 1.807) is 6.92 Å². The smallest absolute Gasteiger partial charge is 0.114 e. The van der Waals surface area contributed by atoms with Crippen LogP contribution < -0.4 is 0 Å². The maximum Gasteiger partial charge on any atom is 0.114 e. The van der Waals surface area contributed by atoms with Gasteiger partial charge in [-0.05, 0) is 18.4 Å². The zero-order chi connectivity index (χ0) is 7.56. The molecule has 0 radical (unpaired) electrons. The van der Waals surface area contributed by atoms with E-state index in [0.29, 0.717) is 0 Å². The molecule has 0 aliphatic heterocycles. The summed E-state index contributed by atoms with van der Waals surface area (Å²) in [6.45, 7) is 1.57. The van der Waals surface area contributed by atoms with Gasteiger partial charge in [0.05, 0.1) is 6.10 Å². The highest BCUT2D eigenvalue weighted by atomic mass is 32.1. The maximum atomic E-state index is 9.25. The molecule has 2 N–H and O–H groups in total. The van der Waals surface area contributed by atoms with Crippen molar-refractivity contribution in [3.05, 3.63) is 22.4 Å². The molecule has 1 heterocycles. The van der Waals surface area contributed by atoms with E-state index >= 15 is 0 Å². The van der Waals surface area contributed by atoms with Gasteiger partial charge in [-0.15, -0.1) is 11.3 Å². The summed E-state index contributed by atoms with van der Waals surface area (Å²) in [5.74, 6) is 0. The van der Waals surface area contributed by atoms with E-state index in [4.69, 9.17) is 5.11 Å². The van der Waals surface area contributed by atoms with E-state index in [2.05, 4.69) is 0 Å². The van der Waals surface area contributed by atoms with Crippen molar-refractivity contribution < 1.29 is 10.2 Å². The number of aliphatic hydroxyl groups is 2. The third-order valence-electron chi connectivity index (χ3n) is 1.29. The molecule has 0 bridgehead atoms. The van der Waals surface area contributed by atoms with Crippen LogP contribution in [0.15, 0.2) is 17.5 Å². The Morgan fingerprint density at radius 3 is 2.60 bits per heavy atom. The van der Waals surface area contributed by atoms with Gasteiger partial charge in [-0.1, -0.05) is 6.07 Å². The highest BCUT2D eigenvalue weighted by Gasteiger charge is 2.13. The predicted octanol–water partition coefficient (Wildman–Crippen LogP) is 1.16. The second-order valence-corrected chi connectivity index (χ2v) is 3.18. The minimum Gasteiger partial charge on any atom is -0.390 e. The normalized spacial score (nSPS) is 16.7. The van der Waals surface area contributed by atoms with Crippen LogP contribution >= 0.6 is 11.3 Å². The first kappa shape index (κ1) is 7.72. The summed E-state index contributed by atoms with van der Waals surface area (Å²) in [5, 5.41) is 20.1. The highest BCUT2D eigenvalue weighted by Crippen LogP contribution is 2.21. The predicted molar refractivity (Wildman–Crippen MR) is 41.0 cm³/mol. The molecule has 0 saturated carbocycles. The molecule has 2 nitrogen and oxygen atoms in total. The van der Waals surface area contributed by atoms with Gasteiger partial charge in [-0.2, -0.15) is 0 Å². The molecule has 0 aromatic carbocycles. The van der Waals surface area contributed by atoms with Crippen LogP contribution in [0, 0.1) is 0 Å². The van der Waals surface area contributed by atoms with Crippen molar-refractivity contribution in [2.75, 3.05) is 0 Å². The minimum atomic E-state index is -0.722. The molecule has 56 valence electrons. The lowest BCUT2D eigenvalue weighted by molar-refractivity contribution is 0.0328. The molecule has 0 fully saturated rings. The van der Waals surface area contributed by atoms with Crippen LogP contribution in [-0.4, -0.2) is 16.3 Å². The van der Waals surface area contributed by atoms with Crippen LogP contribution in [0.4, 0.5) is 0 Å². The molecule has 2 unspecified atom stereocenters. The first-order valence-corrected chi connectivity index (χ1v) is 3.99. The Bertz CT molecular complexity index is 181. The molecule has 1 aromatic heterocycles. The van der Waals surface area contributed by atoms with E-state index < -0.39 is 12.2 Å². The fraction of sp³-hybridized carbons (Fsp3) is 0.429. The minimum absolute atomic E-state index is 0.682. The molecule has 1 rings (SSSR count). The molecule has 0 saturated heterocycles. The third-order valence-corrected chi connectivity index (χ3v) is 2.23. The lowest BCUT2D eigenvalue weighted by atomic mass is 10.2. The van der Waals surface area contributed by atoms with E-state index in [-0.39, 0.29) is 0 Å². The van der Waals surface area contributed by atoms with E-state index in [0.717, 1.165) is 4.88 Å². The summed E-state index contributed by atoms with van der Waals surface area (Å²) in [6, 6.07) is 3.66. The van der Waals surface area contributed by atoms with Crippen LogP contribution in [0.3, 0.4) is 0 Å². The zero-order valence-electron chi connectivity index (χ0n) is 5.69. The lowest BCUT2D eigenvalue weighted by Crippen LogP contribution is -2.11. The van der Waals surface area contributed by atoms with E-state index in [1.807, 2.05) is 17.5 Å². The Labute approximate surface area is 63.8 Å². The second kappa shape index (κ2) is 3.14. The van der Waals surface area contributed by atoms with Crippen LogP contribution in [0.2, 0.25) is 0 Å². The van der Waals surface area contributed by atoms with Crippen LogP contribution in [0.1, 0.15) is 17.9 Å². The van der Waals surface area contributed by atoms with Gasteiger partial charge in [0.1, 0.15) is 6.10 Å². The molecular weight excluding hydrogens is 148 g/mol. The van der Waals surface area contributed by atoms with Gasteiger partial charge < -0.3 is 10.2 Å². The van der Waals surface area contributed by atoms with E-state index in [1.165, 1.54) is 11.3 Å². The zero-order valence-corrected chi connectivity index (χ0v) is 6.51. The van der Waals surface area contributed by atoms with Gasteiger partial charge in [0.15, 0.2) is 0 Å². The van der Waals surface area contributed by atoms with Gasteiger partial charge >= 0.3 is 0 Å². The quantitative estimate of drug-likeness (QED) is 0.678.